The van der Waals surface area contributed by atoms with Crippen LogP contribution >= 0.6 is 11.3 Å². The number of guanidine groups is 1. The number of benzene rings is 1. The molecule has 0 aliphatic rings. The molecule has 2 aromatic rings. The molecular weight excluding hydrogens is 643 g/mol. The molecule has 0 bridgehead atoms. The number of ketones is 1. The molecule has 47 heavy (non-hydrogen) atoms. The van der Waals surface area contributed by atoms with E-state index in [9.17, 15) is 29.1 Å². The zero-order valence-electron chi connectivity index (χ0n) is 27.0. The molecule has 4 amide bonds. The quantitative estimate of drug-likeness (QED) is 0.0281. The highest BCUT2D eigenvalue weighted by atomic mass is 32.1. The fourth-order valence-electron chi connectivity index (χ4n) is 4.66. The smallest absolute Gasteiger partial charge is 0.244 e. The highest BCUT2D eigenvalue weighted by molar-refractivity contribution is 7.20. The predicted molar refractivity (Wildman–Crippen MR) is 181 cm³/mol. The number of aliphatic hydroxyl groups excluding tert-OH is 1. The minimum absolute atomic E-state index is 0.0411. The van der Waals surface area contributed by atoms with Crippen LogP contribution in [-0.2, 0) is 19.2 Å². The number of nitrogens with one attached hydrogen (secondary N) is 4. The average molecular weight is 689 g/mol. The molecule has 0 aliphatic heterocycles. The molecule has 0 aliphatic carbocycles. The van der Waals surface area contributed by atoms with E-state index in [0.717, 1.165) is 4.70 Å². The molecule has 3 radical (unpaired) electrons. The molecule has 11 N–H and O–H groups in total. The molecule has 1 unspecified atom stereocenters. The Hall–Kier alpha value is -3.93. The van der Waals surface area contributed by atoms with Crippen LogP contribution in [0.1, 0.15) is 69.1 Å². The number of hydrogen-bond donors (Lipinski definition) is 8. The van der Waals surface area contributed by atoms with Gasteiger partial charge in [-0.2, -0.15) is 0 Å². The number of carbonyl (C=O) groups is 5. The number of carbonyl (C=O) groups excluding carboxylic acids is 5. The number of nitrogens with two attached hydrogens (primary N) is 3. The van der Waals surface area contributed by atoms with Crippen LogP contribution in [0.15, 0.2) is 29.3 Å². The first-order valence-corrected chi connectivity index (χ1v) is 16.7. The summed E-state index contributed by atoms with van der Waals surface area (Å²) in [6.07, 6.45) is 2.01. The van der Waals surface area contributed by atoms with Crippen LogP contribution in [0.4, 0.5) is 0 Å². The van der Waals surface area contributed by atoms with E-state index in [4.69, 9.17) is 17.2 Å². The van der Waals surface area contributed by atoms with E-state index in [1.165, 1.54) is 18.3 Å². The van der Waals surface area contributed by atoms with Crippen LogP contribution in [0.2, 0.25) is 0 Å². The Bertz CT molecular complexity index is 1380. The third-order valence-electron chi connectivity index (χ3n) is 7.01. The summed E-state index contributed by atoms with van der Waals surface area (Å²) in [6.45, 7) is 4.73. The molecule has 2 rings (SSSR count). The number of Topliss-reactive ketones (excluding diaryl/α,β-unsaturated/α-hetero) is 1. The third kappa shape index (κ3) is 12.6. The van der Waals surface area contributed by atoms with Gasteiger partial charge in [0.1, 0.15) is 17.2 Å². The van der Waals surface area contributed by atoms with Gasteiger partial charge in [-0.05, 0) is 63.1 Å². The minimum Gasteiger partial charge on any atom is -0.394 e. The van der Waals surface area contributed by atoms with Gasteiger partial charge in [0.2, 0.25) is 29.4 Å². The summed E-state index contributed by atoms with van der Waals surface area (Å²) < 4.78 is 0.821. The number of fused-ring (bicyclic) bond motifs is 1. The first-order valence-electron chi connectivity index (χ1n) is 15.4. The van der Waals surface area contributed by atoms with Gasteiger partial charge < -0.3 is 43.6 Å². The van der Waals surface area contributed by atoms with Crippen LogP contribution in [-0.4, -0.2) is 98.7 Å². The second kappa shape index (κ2) is 19.0. The van der Waals surface area contributed by atoms with Crippen LogP contribution in [0, 0.1) is 5.92 Å². The maximum Gasteiger partial charge on any atom is 0.244 e. The molecule has 257 valence electrons. The zero-order chi connectivity index (χ0) is 35.1. The van der Waals surface area contributed by atoms with Gasteiger partial charge in [-0.15, -0.1) is 11.3 Å². The Morgan fingerprint density at radius 1 is 0.979 bits per heavy atom. The third-order valence-corrected chi connectivity index (χ3v) is 8.57. The highest BCUT2D eigenvalue weighted by Gasteiger charge is 2.37. The van der Waals surface area contributed by atoms with Crippen molar-refractivity contribution in [3.05, 3.63) is 29.3 Å². The molecule has 1 aromatic carbocycles. The molecule has 1 aromatic heterocycles. The SMILES string of the molecule is CC(=O)NC([Si])(CO)C(=O)N[C@@H](CCCCN)C(=O)N[C@@H](CC(C)C)C(=O)N[C@@H](CCCN=C(N)N)C(=O)c1nc2ccccc2s1. The average Bonchev–Trinajstić information content (AvgIpc) is 3.45. The fourth-order valence-corrected chi connectivity index (χ4v) is 5.87. The highest BCUT2D eigenvalue weighted by Crippen LogP contribution is 2.23. The molecule has 17 heteroatoms. The molecule has 1 heterocycles. The first-order chi connectivity index (χ1) is 22.2. The monoisotopic (exact) mass is 688 g/mol. The van der Waals surface area contributed by atoms with Gasteiger partial charge >= 0.3 is 0 Å². The molecule has 4 atom stereocenters. The number of aliphatic hydroxyl groups is 1. The number of nitrogens with zero attached hydrogens (tertiary/aromatic N) is 2. The number of rotatable bonds is 20. The van der Waals surface area contributed by atoms with Crippen molar-refractivity contribution in [2.45, 2.75) is 82.6 Å². The van der Waals surface area contributed by atoms with E-state index in [1.54, 1.807) is 6.07 Å². The maximum absolute atomic E-state index is 13.8. The van der Waals surface area contributed by atoms with Crippen LogP contribution < -0.4 is 38.5 Å². The lowest BCUT2D eigenvalue weighted by Gasteiger charge is -2.30. The Morgan fingerprint density at radius 3 is 2.21 bits per heavy atom. The lowest BCUT2D eigenvalue weighted by Crippen LogP contribution is -2.64. The Morgan fingerprint density at radius 2 is 1.62 bits per heavy atom. The van der Waals surface area contributed by atoms with Gasteiger partial charge in [-0.3, -0.25) is 29.0 Å². The van der Waals surface area contributed by atoms with Gasteiger partial charge in [0, 0.05) is 13.5 Å². The molecule has 0 fully saturated rings. The van der Waals surface area contributed by atoms with Gasteiger partial charge in [0.25, 0.3) is 0 Å². The standard InChI is InChI=1S/C30H46N9O6SSi/c1-17(2)15-22(36-25(43)21(10-6-7-13-31)38-28(45)30(47,16-40)39-18(3)41)26(44)35-20(11-8-14-34-29(32)33)24(42)27-37-19-9-4-5-12-23(19)46-27/h4-5,9,12,17,20-22,40H,6-8,10-11,13-16,31H2,1-3H3,(H,35,44)(H,36,43)(H,38,45)(H,39,41)(H4,32,33,34)/t20-,21-,22-,30?/m0/s1. The van der Waals surface area contributed by atoms with E-state index in [2.05, 4.69) is 41.5 Å². The summed E-state index contributed by atoms with van der Waals surface area (Å²) in [5.74, 6) is -3.22. The van der Waals surface area contributed by atoms with E-state index in [1.807, 2.05) is 32.0 Å². The van der Waals surface area contributed by atoms with Gasteiger partial charge in [0.15, 0.2) is 11.0 Å². The number of hydrogen-bond acceptors (Lipinski definition) is 10. The van der Waals surface area contributed by atoms with Crippen molar-refractivity contribution in [2.24, 2.45) is 28.1 Å². The number of para-hydroxylation sites is 1. The Kier molecular flexibility index (Phi) is 15.9. The lowest BCUT2D eigenvalue weighted by molar-refractivity contribution is -0.135. The first kappa shape index (κ1) is 39.2. The molecule has 0 saturated heterocycles. The fraction of sp³-hybridized carbons (Fsp3) is 0.567. The molecular formula is C30H46N9O6SSi. The summed E-state index contributed by atoms with van der Waals surface area (Å²) in [7, 11) is 3.12. The summed E-state index contributed by atoms with van der Waals surface area (Å²) in [6, 6.07) is 4.12. The Labute approximate surface area is 281 Å². The number of aliphatic imine (C=N–C) groups is 1. The topological polar surface area (TPSA) is 257 Å². The summed E-state index contributed by atoms with van der Waals surface area (Å²) in [4.78, 5) is 74.2. The lowest BCUT2D eigenvalue weighted by atomic mass is 10.00. The zero-order valence-corrected chi connectivity index (χ0v) is 28.8. The van der Waals surface area contributed by atoms with E-state index < -0.39 is 53.5 Å². The van der Waals surface area contributed by atoms with Crippen molar-refractivity contribution in [3.63, 3.8) is 0 Å². The van der Waals surface area contributed by atoms with Gasteiger partial charge in [0.05, 0.1) is 33.1 Å². The van der Waals surface area contributed by atoms with E-state index in [-0.39, 0.29) is 48.5 Å². The second-order valence-electron chi connectivity index (χ2n) is 11.6. The van der Waals surface area contributed by atoms with E-state index in [0.29, 0.717) is 31.3 Å². The van der Waals surface area contributed by atoms with Crippen molar-refractivity contribution in [1.82, 2.24) is 26.3 Å². The summed E-state index contributed by atoms with van der Waals surface area (Å²) in [5.41, 5.74) is 17.2. The second-order valence-corrected chi connectivity index (χ2v) is 13.5. The number of thiazole rings is 1. The normalized spacial score (nSPS) is 14.4. The Balaban J connectivity index is 2.31. The number of amides is 4. The van der Waals surface area contributed by atoms with Crippen molar-refractivity contribution in [3.8, 4) is 0 Å². The molecule has 0 saturated carbocycles. The molecule has 0 spiro atoms. The van der Waals surface area contributed by atoms with Crippen molar-refractivity contribution in [1.29, 1.82) is 0 Å². The summed E-state index contributed by atoms with van der Waals surface area (Å²) >= 11 is 1.21. The molecule has 15 nitrogen and oxygen atoms in total. The van der Waals surface area contributed by atoms with Crippen LogP contribution in [0.5, 0.6) is 0 Å². The van der Waals surface area contributed by atoms with E-state index >= 15 is 0 Å². The maximum atomic E-state index is 13.8. The van der Waals surface area contributed by atoms with Crippen LogP contribution in [0.25, 0.3) is 10.2 Å². The van der Waals surface area contributed by atoms with Crippen LogP contribution in [0.3, 0.4) is 0 Å². The summed E-state index contributed by atoms with van der Waals surface area (Å²) in [5, 5.41) is 18.6. The van der Waals surface area contributed by atoms with Crippen molar-refractivity contribution < 1.29 is 29.1 Å². The predicted octanol–water partition coefficient (Wildman–Crippen LogP) is -0.845. The van der Waals surface area contributed by atoms with Crippen molar-refractivity contribution in [2.75, 3.05) is 19.7 Å². The minimum atomic E-state index is -1.88. The number of aromatic nitrogens is 1. The van der Waals surface area contributed by atoms with Crippen molar-refractivity contribution >= 4 is 67.2 Å². The van der Waals surface area contributed by atoms with Gasteiger partial charge in [-0.1, -0.05) is 26.0 Å². The van der Waals surface area contributed by atoms with Gasteiger partial charge in [-0.25, -0.2) is 4.98 Å². The largest absolute Gasteiger partial charge is 0.394 e. The number of unbranched alkanes of at least 4 members (excludes halogenated alkanes) is 1.